The van der Waals surface area contributed by atoms with Crippen LogP contribution in [0.4, 0.5) is 0 Å². The summed E-state index contributed by atoms with van der Waals surface area (Å²) in [5, 5.41) is 12.3. The first-order chi connectivity index (χ1) is 16.9. The maximum atomic E-state index is 13.0. The van der Waals surface area contributed by atoms with Crippen LogP contribution >= 0.6 is 0 Å². The van der Waals surface area contributed by atoms with Gasteiger partial charge < -0.3 is 19.6 Å². The molecule has 4 aromatic rings. The minimum Gasteiger partial charge on any atom is -0.494 e. The molecule has 9 heteroatoms. The van der Waals surface area contributed by atoms with Gasteiger partial charge in [-0.05, 0) is 49.2 Å². The fourth-order valence-corrected chi connectivity index (χ4v) is 5.03. The molecule has 2 aromatic carbocycles. The predicted octanol–water partition coefficient (Wildman–Crippen LogP) is 2.56. The van der Waals surface area contributed by atoms with Crippen LogP contribution in [0.3, 0.4) is 0 Å². The summed E-state index contributed by atoms with van der Waals surface area (Å²) in [6.45, 7) is 0.892. The molecule has 1 aliphatic heterocycles. The smallest absolute Gasteiger partial charge is 0.331 e. The van der Waals surface area contributed by atoms with E-state index in [2.05, 4.69) is 16.0 Å². The van der Waals surface area contributed by atoms with Crippen LogP contribution in [0.15, 0.2) is 52.1 Å². The number of para-hydroxylation sites is 1. The van der Waals surface area contributed by atoms with E-state index in [9.17, 15) is 14.7 Å². The standard InChI is InChI=1S/C26H28N4O5/c1-29-12-11-17-16-6-4-5-7-18(16)27-22(17)23(29)21-24(31)28-26(33)30(25(21)32)13-10-15-8-9-19(34-2)20(14-15)35-3/h4-9,14,23,27,32H,10-13H2,1-3H3,(H,28,31,33)/t23-/m0/s1. The molecule has 0 unspecified atom stereocenters. The monoisotopic (exact) mass is 476 g/mol. The van der Waals surface area contributed by atoms with Crippen LogP contribution in [0.25, 0.3) is 10.9 Å². The van der Waals surface area contributed by atoms with E-state index in [4.69, 9.17) is 9.47 Å². The van der Waals surface area contributed by atoms with Crippen molar-refractivity contribution in [1.82, 2.24) is 19.4 Å². The van der Waals surface area contributed by atoms with Gasteiger partial charge in [0.25, 0.3) is 5.56 Å². The lowest BCUT2D eigenvalue weighted by Gasteiger charge is -2.33. The molecular weight excluding hydrogens is 448 g/mol. The van der Waals surface area contributed by atoms with E-state index < -0.39 is 17.3 Å². The van der Waals surface area contributed by atoms with Crippen molar-refractivity contribution in [3.8, 4) is 17.4 Å². The van der Waals surface area contributed by atoms with Crippen molar-refractivity contribution in [2.45, 2.75) is 25.4 Å². The maximum Gasteiger partial charge on any atom is 0.331 e. The second-order valence-corrected chi connectivity index (χ2v) is 8.78. The second kappa shape index (κ2) is 8.99. The Balaban J connectivity index is 1.55. The average Bonchev–Trinajstić information content (AvgIpc) is 3.23. The van der Waals surface area contributed by atoms with Gasteiger partial charge in [0.05, 0.1) is 20.3 Å². The third kappa shape index (κ3) is 3.87. The van der Waals surface area contributed by atoms with Gasteiger partial charge in [-0.3, -0.25) is 19.2 Å². The molecule has 0 saturated carbocycles. The first-order valence-corrected chi connectivity index (χ1v) is 11.5. The molecule has 3 heterocycles. The molecular formula is C26H28N4O5. The van der Waals surface area contributed by atoms with Gasteiger partial charge in [-0.2, -0.15) is 0 Å². The van der Waals surface area contributed by atoms with Crippen molar-refractivity contribution in [3.63, 3.8) is 0 Å². The Kier molecular flexibility index (Phi) is 5.86. The summed E-state index contributed by atoms with van der Waals surface area (Å²) in [6, 6.07) is 13.0. The van der Waals surface area contributed by atoms with E-state index in [0.717, 1.165) is 34.1 Å². The van der Waals surface area contributed by atoms with Crippen LogP contribution in [-0.4, -0.2) is 52.4 Å². The minimum absolute atomic E-state index is 0.159. The number of hydrogen-bond donors (Lipinski definition) is 3. The summed E-state index contributed by atoms with van der Waals surface area (Å²) < 4.78 is 11.9. The Morgan fingerprint density at radius 1 is 1.06 bits per heavy atom. The van der Waals surface area contributed by atoms with Crippen LogP contribution in [0, 0.1) is 0 Å². The molecule has 35 heavy (non-hydrogen) atoms. The largest absolute Gasteiger partial charge is 0.494 e. The lowest BCUT2D eigenvalue weighted by molar-refractivity contribution is 0.250. The molecule has 0 fully saturated rings. The molecule has 182 valence electrons. The van der Waals surface area contributed by atoms with Crippen LogP contribution in [0.5, 0.6) is 17.4 Å². The molecule has 3 N–H and O–H groups in total. The van der Waals surface area contributed by atoms with Gasteiger partial charge in [-0.1, -0.05) is 24.3 Å². The lowest BCUT2D eigenvalue weighted by Crippen LogP contribution is -2.40. The highest BCUT2D eigenvalue weighted by atomic mass is 16.5. The fourth-order valence-electron chi connectivity index (χ4n) is 5.03. The lowest BCUT2D eigenvalue weighted by atomic mass is 9.94. The highest BCUT2D eigenvalue weighted by Gasteiger charge is 2.34. The number of methoxy groups -OCH3 is 2. The van der Waals surface area contributed by atoms with Crippen LogP contribution in [0.2, 0.25) is 0 Å². The first kappa shape index (κ1) is 22.8. The number of nitrogens with one attached hydrogen (secondary N) is 2. The van der Waals surface area contributed by atoms with E-state index in [-0.39, 0.29) is 18.0 Å². The fraction of sp³-hybridized carbons (Fsp3) is 0.308. The Labute approximate surface area is 201 Å². The zero-order valence-electron chi connectivity index (χ0n) is 19.9. The number of aromatic amines is 2. The Morgan fingerprint density at radius 2 is 1.83 bits per heavy atom. The zero-order chi connectivity index (χ0) is 24.7. The number of likely N-dealkylation sites (N-methyl/N-ethyl adjacent to an activating group) is 1. The number of fused-ring (bicyclic) bond motifs is 3. The Morgan fingerprint density at radius 3 is 2.60 bits per heavy atom. The molecule has 0 bridgehead atoms. The SMILES string of the molecule is COc1ccc(CCn2c(O)c([C@H]3c4[nH]c5ccccc5c4CCN3C)c(=O)[nH]c2=O)cc1OC. The van der Waals surface area contributed by atoms with E-state index in [0.29, 0.717) is 24.5 Å². The van der Waals surface area contributed by atoms with Crippen LogP contribution in [-0.2, 0) is 19.4 Å². The average molecular weight is 477 g/mol. The van der Waals surface area contributed by atoms with Crippen LogP contribution in [0.1, 0.15) is 28.4 Å². The van der Waals surface area contributed by atoms with Crippen molar-refractivity contribution in [1.29, 1.82) is 0 Å². The van der Waals surface area contributed by atoms with Gasteiger partial charge >= 0.3 is 5.69 Å². The zero-order valence-corrected chi connectivity index (χ0v) is 19.9. The van der Waals surface area contributed by atoms with Crippen molar-refractivity contribution in [3.05, 3.63) is 85.7 Å². The van der Waals surface area contributed by atoms with Crippen molar-refractivity contribution < 1.29 is 14.6 Å². The Hall–Kier alpha value is -3.98. The van der Waals surface area contributed by atoms with Gasteiger partial charge in [0.1, 0.15) is 5.56 Å². The van der Waals surface area contributed by atoms with Gasteiger partial charge in [-0.25, -0.2) is 4.79 Å². The number of H-pyrrole nitrogens is 2. The van der Waals surface area contributed by atoms with E-state index in [1.165, 1.54) is 4.57 Å². The number of ether oxygens (including phenoxy) is 2. The summed E-state index contributed by atoms with van der Waals surface area (Å²) in [4.78, 5) is 33.6. The number of hydrogen-bond acceptors (Lipinski definition) is 6. The number of aromatic hydroxyl groups is 1. The summed E-state index contributed by atoms with van der Waals surface area (Å²) in [7, 11) is 5.04. The van der Waals surface area contributed by atoms with Gasteiger partial charge in [0.2, 0.25) is 5.88 Å². The highest BCUT2D eigenvalue weighted by Crippen LogP contribution is 2.38. The third-order valence-electron chi connectivity index (χ3n) is 6.83. The third-order valence-corrected chi connectivity index (χ3v) is 6.83. The maximum absolute atomic E-state index is 13.0. The van der Waals surface area contributed by atoms with Gasteiger partial charge in [0, 0.05) is 29.7 Å². The molecule has 0 saturated heterocycles. The quantitative estimate of drug-likeness (QED) is 0.394. The van der Waals surface area contributed by atoms with E-state index in [1.54, 1.807) is 20.3 Å². The van der Waals surface area contributed by atoms with Gasteiger partial charge in [0.15, 0.2) is 11.5 Å². The van der Waals surface area contributed by atoms with Crippen molar-refractivity contribution in [2.75, 3.05) is 27.8 Å². The normalized spacial score (nSPS) is 15.8. The number of nitrogens with zero attached hydrogens (tertiary/aromatic N) is 2. The molecule has 0 amide bonds. The summed E-state index contributed by atoms with van der Waals surface area (Å²) in [6.07, 6.45) is 1.27. The predicted molar refractivity (Wildman–Crippen MR) is 133 cm³/mol. The topological polar surface area (TPSA) is 113 Å². The Bertz CT molecular complexity index is 1520. The number of rotatable bonds is 6. The molecule has 1 aliphatic rings. The molecule has 0 spiro atoms. The summed E-state index contributed by atoms with van der Waals surface area (Å²) in [5.74, 6) is 0.874. The molecule has 1 atom stereocenters. The molecule has 5 rings (SSSR count). The van der Waals surface area contributed by atoms with Crippen molar-refractivity contribution >= 4 is 10.9 Å². The van der Waals surface area contributed by atoms with Crippen LogP contribution < -0.4 is 20.7 Å². The summed E-state index contributed by atoms with van der Waals surface area (Å²) >= 11 is 0. The molecule has 9 nitrogen and oxygen atoms in total. The number of aromatic nitrogens is 3. The first-order valence-electron chi connectivity index (χ1n) is 11.5. The highest BCUT2D eigenvalue weighted by molar-refractivity contribution is 5.85. The number of aryl methyl sites for hydroxylation is 1. The molecule has 0 radical (unpaired) electrons. The van der Waals surface area contributed by atoms with Crippen molar-refractivity contribution in [2.24, 2.45) is 0 Å². The number of benzene rings is 2. The van der Waals surface area contributed by atoms with Gasteiger partial charge in [-0.15, -0.1) is 0 Å². The summed E-state index contributed by atoms with van der Waals surface area (Å²) in [5.41, 5.74) is 2.80. The molecule has 2 aromatic heterocycles. The van der Waals surface area contributed by atoms with E-state index in [1.807, 2.05) is 42.3 Å². The minimum atomic E-state index is -0.646. The van der Waals surface area contributed by atoms with E-state index >= 15 is 0 Å². The second-order valence-electron chi connectivity index (χ2n) is 8.78. The molecule has 0 aliphatic carbocycles.